The molecule has 1 saturated carbocycles. The van der Waals surface area contributed by atoms with Crippen LogP contribution < -0.4 is 0 Å². The predicted molar refractivity (Wildman–Crippen MR) is 107 cm³/mol. The molecular formula is C24H28O3. The highest BCUT2D eigenvalue weighted by Crippen LogP contribution is 2.59. The molecule has 2 aromatic rings. The average molecular weight is 364 g/mol. The van der Waals surface area contributed by atoms with Gasteiger partial charge in [-0.1, -0.05) is 68.0 Å². The molecule has 1 aromatic carbocycles. The van der Waals surface area contributed by atoms with Crippen LogP contribution in [0.2, 0.25) is 0 Å². The minimum atomic E-state index is -0.127. The van der Waals surface area contributed by atoms with Crippen LogP contribution in [0.5, 0.6) is 0 Å². The first-order valence-corrected chi connectivity index (χ1v) is 9.46. The van der Waals surface area contributed by atoms with Gasteiger partial charge in [-0.3, -0.25) is 4.79 Å². The van der Waals surface area contributed by atoms with Crippen molar-refractivity contribution >= 4 is 5.97 Å². The van der Waals surface area contributed by atoms with Gasteiger partial charge in [0.05, 0.1) is 12.2 Å². The number of carbonyl (C=O) groups is 1. The highest BCUT2D eigenvalue weighted by molar-refractivity contribution is 5.78. The van der Waals surface area contributed by atoms with Crippen LogP contribution >= 0.6 is 0 Å². The second-order valence-electron chi connectivity index (χ2n) is 8.15. The Balaban J connectivity index is 1.52. The Morgan fingerprint density at radius 2 is 1.93 bits per heavy atom. The number of hydrogen-bond acceptors (Lipinski definition) is 3. The lowest BCUT2D eigenvalue weighted by atomic mass is 10.1. The van der Waals surface area contributed by atoms with Crippen molar-refractivity contribution in [1.82, 2.24) is 0 Å². The standard InChI is InChI=1S/C24H28O3/c1-17(2)9-8-12-21-22(24(21,3)4)23(25)27-16-19-14-20(26-15-19)13-18-10-6-5-7-11-18/h5-12,14-15,21-22H,13,16H2,1-4H3. The number of allylic oxidation sites excluding steroid dienone is 4. The molecule has 1 aliphatic rings. The highest BCUT2D eigenvalue weighted by atomic mass is 16.5. The van der Waals surface area contributed by atoms with E-state index >= 15 is 0 Å². The van der Waals surface area contributed by atoms with Gasteiger partial charge in [-0.2, -0.15) is 0 Å². The Bertz CT molecular complexity index is 836. The third kappa shape index (κ3) is 4.79. The molecule has 3 heteroatoms. The molecule has 0 bridgehead atoms. The van der Waals surface area contributed by atoms with Gasteiger partial charge in [0.2, 0.25) is 0 Å². The molecule has 0 N–H and O–H groups in total. The maximum absolute atomic E-state index is 12.5. The van der Waals surface area contributed by atoms with Crippen LogP contribution in [0.3, 0.4) is 0 Å². The fourth-order valence-electron chi connectivity index (χ4n) is 3.49. The van der Waals surface area contributed by atoms with E-state index in [2.05, 4.69) is 52.0 Å². The van der Waals surface area contributed by atoms with Crippen LogP contribution in [0.15, 0.2) is 70.9 Å². The van der Waals surface area contributed by atoms with Gasteiger partial charge >= 0.3 is 5.97 Å². The summed E-state index contributed by atoms with van der Waals surface area (Å²) in [6.07, 6.45) is 8.64. The van der Waals surface area contributed by atoms with Crippen molar-refractivity contribution in [2.45, 2.75) is 40.7 Å². The molecule has 27 heavy (non-hydrogen) atoms. The van der Waals surface area contributed by atoms with Crippen LogP contribution in [-0.2, 0) is 22.6 Å². The Hall–Kier alpha value is -2.55. The summed E-state index contributed by atoms with van der Waals surface area (Å²) in [5, 5.41) is 0. The molecule has 0 amide bonds. The van der Waals surface area contributed by atoms with E-state index in [1.54, 1.807) is 6.26 Å². The number of furan rings is 1. The SMILES string of the molecule is CC(C)=CC=CC1C(C(=O)OCc2coc(Cc3ccccc3)c2)C1(C)C. The van der Waals surface area contributed by atoms with E-state index < -0.39 is 0 Å². The molecule has 1 fully saturated rings. The third-order valence-corrected chi connectivity index (χ3v) is 5.22. The van der Waals surface area contributed by atoms with Crippen LogP contribution in [-0.4, -0.2) is 5.97 Å². The molecule has 0 radical (unpaired) electrons. The van der Waals surface area contributed by atoms with Gasteiger partial charge in [-0.05, 0) is 36.8 Å². The zero-order valence-corrected chi connectivity index (χ0v) is 16.6. The number of ether oxygens (including phenoxy) is 1. The van der Waals surface area contributed by atoms with Crippen LogP contribution in [0.25, 0.3) is 0 Å². The zero-order valence-electron chi connectivity index (χ0n) is 16.6. The molecule has 0 aliphatic heterocycles. The molecule has 2 atom stereocenters. The minimum absolute atomic E-state index is 0.0437. The molecule has 1 heterocycles. The van der Waals surface area contributed by atoms with Gasteiger partial charge in [0.25, 0.3) is 0 Å². The summed E-state index contributed by atoms with van der Waals surface area (Å²) >= 11 is 0. The van der Waals surface area contributed by atoms with E-state index in [0.29, 0.717) is 0 Å². The maximum atomic E-state index is 12.5. The van der Waals surface area contributed by atoms with Crippen molar-refractivity contribution in [3.05, 3.63) is 83.3 Å². The summed E-state index contributed by atoms with van der Waals surface area (Å²) in [4.78, 5) is 12.5. The number of hydrogen-bond donors (Lipinski definition) is 0. The van der Waals surface area contributed by atoms with Crippen molar-refractivity contribution in [1.29, 1.82) is 0 Å². The van der Waals surface area contributed by atoms with Gasteiger partial charge in [-0.25, -0.2) is 0 Å². The highest BCUT2D eigenvalue weighted by Gasteiger charge is 2.61. The number of benzene rings is 1. The summed E-state index contributed by atoms with van der Waals surface area (Å²) in [6, 6.07) is 12.1. The van der Waals surface area contributed by atoms with Crippen molar-refractivity contribution in [3.63, 3.8) is 0 Å². The third-order valence-electron chi connectivity index (χ3n) is 5.22. The summed E-state index contributed by atoms with van der Waals surface area (Å²) in [5.74, 6) is 0.910. The number of rotatable bonds is 7. The first-order chi connectivity index (χ1) is 12.9. The summed E-state index contributed by atoms with van der Waals surface area (Å²) in [7, 11) is 0. The van der Waals surface area contributed by atoms with E-state index in [1.165, 1.54) is 11.1 Å². The Kier molecular flexibility index (Phi) is 5.69. The van der Waals surface area contributed by atoms with Gasteiger partial charge in [0.15, 0.2) is 0 Å². The normalized spacial score (nSPS) is 20.4. The summed E-state index contributed by atoms with van der Waals surface area (Å²) < 4.78 is 11.2. The number of esters is 1. The monoisotopic (exact) mass is 364 g/mol. The van der Waals surface area contributed by atoms with Crippen LogP contribution in [0, 0.1) is 17.3 Å². The molecule has 0 spiro atoms. The molecule has 1 aromatic heterocycles. The molecular weight excluding hydrogens is 336 g/mol. The molecule has 3 rings (SSSR count). The lowest BCUT2D eigenvalue weighted by Crippen LogP contribution is -2.10. The first-order valence-electron chi connectivity index (χ1n) is 9.46. The Morgan fingerprint density at radius 3 is 2.63 bits per heavy atom. The fraction of sp³-hybridized carbons (Fsp3) is 0.375. The second-order valence-corrected chi connectivity index (χ2v) is 8.15. The number of carbonyl (C=O) groups excluding carboxylic acids is 1. The largest absolute Gasteiger partial charge is 0.469 e. The molecule has 3 nitrogen and oxygen atoms in total. The van der Waals surface area contributed by atoms with E-state index in [-0.39, 0.29) is 29.8 Å². The van der Waals surface area contributed by atoms with Gasteiger partial charge in [0.1, 0.15) is 12.4 Å². The topological polar surface area (TPSA) is 39.4 Å². The Morgan fingerprint density at radius 1 is 1.19 bits per heavy atom. The Labute approximate surface area is 161 Å². The summed E-state index contributed by atoms with van der Waals surface area (Å²) in [5.41, 5.74) is 3.29. The lowest BCUT2D eigenvalue weighted by molar-refractivity contribution is -0.147. The van der Waals surface area contributed by atoms with E-state index in [9.17, 15) is 4.79 Å². The van der Waals surface area contributed by atoms with Gasteiger partial charge in [0, 0.05) is 12.0 Å². The molecule has 0 saturated heterocycles. The van der Waals surface area contributed by atoms with Crippen molar-refractivity contribution in [3.8, 4) is 0 Å². The minimum Gasteiger partial charge on any atom is -0.469 e. The van der Waals surface area contributed by atoms with Gasteiger partial charge in [-0.15, -0.1) is 0 Å². The van der Waals surface area contributed by atoms with Crippen LogP contribution in [0.4, 0.5) is 0 Å². The molecule has 1 aliphatic carbocycles. The van der Waals surface area contributed by atoms with E-state index in [0.717, 1.165) is 17.7 Å². The zero-order chi connectivity index (χ0) is 19.4. The van der Waals surface area contributed by atoms with Crippen LogP contribution in [0.1, 0.15) is 44.6 Å². The fourth-order valence-corrected chi connectivity index (χ4v) is 3.49. The summed E-state index contributed by atoms with van der Waals surface area (Å²) in [6.45, 7) is 8.61. The van der Waals surface area contributed by atoms with E-state index in [1.807, 2.05) is 30.3 Å². The smallest absolute Gasteiger partial charge is 0.310 e. The molecule has 142 valence electrons. The van der Waals surface area contributed by atoms with Crippen molar-refractivity contribution < 1.29 is 13.9 Å². The quantitative estimate of drug-likeness (QED) is 0.467. The predicted octanol–water partition coefficient (Wildman–Crippen LogP) is 5.71. The maximum Gasteiger partial charge on any atom is 0.310 e. The van der Waals surface area contributed by atoms with Gasteiger partial charge < -0.3 is 9.15 Å². The molecule has 2 unspecified atom stereocenters. The van der Waals surface area contributed by atoms with Crippen molar-refractivity contribution in [2.75, 3.05) is 0 Å². The first kappa shape index (κ1) is 19.2. The van der Waals surface area contributed by atoms with Crippen molar-refractivity contribution in [2.24, 2.45) is 17.3 Å². The second kappa shape index (κ2) is 7.99. The average Bonchev–Trinajstić information content (AvgIpc) is 2.95. The lowest BCUT2D eigenvalue weighted by Gasteiger charge is -2.03. The van der Waals surface area contributed by atoms with E-state index in [4.69, 9.17) is 9.15 Å².